The molecule has 0 saturated heterocycles. The van der Waals surface area contributed by atoms with Gasteiger partial charge in [0.25, 0.3) is 0 Å². The van der Waals surface area contributed by atoms with Gasteiger partial charge in [-0.2, -0.15) is 0 Å². The third-order valence-corrected chi connectivity index (χ3v) is 13.3. The minimum Gasteiger partial charge on any atom is -0.385 e. The van der Waals surface area contributed by atoms with Crippen molar-refractivity contribution in [1.82, 2.24) is 5.16 Å². The van der Waals surface area contributed by atoms with E-state index in [0.29, 0.717) is 23.0 Å². The van der Waals surface area contributed by atoms with Crippen molar-refractivity contribution in [3.63, 3.8) is 0 Å². The van der Waals surface area contributed by atoms with Crippen LogP contribution >= 0.6 is 0 Å². The van der Waals surface area contributed by atoms with Crippen molar-refractivity contribution < 1.29 is 14.1 Å². The summed E-state index contributed by atoms with van der Waals surface area (Å²) in [7, 11) is 1.83. The topological polar surface area (TPSA) is 52.3 Å². The number of aromatic nitrogens is 1. The molecule has 0 bridgehead atoms. The van der Waals surface area contributed by atoms with Crippen LogP contribution in [-0.4, -0.2) is 24.7 Å². The number of fused-ring (bicyclic) bond motifs is 8. The minimum absolute atomic E-state index is 0.00410. The quantitative estimate of drug-likeness (QED) is 0.420. The van der Waals surface area contributed by atoms with Crippen LogP contribution in [0.1, 0.15) is 111 Å². The summed E-state index contributed by atoms with van der Waals surface area (Å²) in [4.78, 5) is 14.5. The highest BCUT2D eigenvalue weighted by atomic mass is 16.5. The number of allylic oxidation sites excluding steroid dienone is 2. The first-order chi connectivity index (χ1) is 17.2. The average Bonchev–Trinajstić information content (AvgIpc) is 3.28. The smallest absolute Gasteiger partial charge is 0.159 e. The van der Waals surface area contributed by atoms with E-state index < -0.39 is 0 Å². The van der Waals surface area contributed by atoms with Gasteiger partial charge in [-0.3, -0.25) is 4.79 Å². The summed E-state index contributed by atoms with van der Waals surface area (Å²) in [6.07, 6.45) is 14.6. The molecular weight excluding hydrogens is 458 g/mol. The molecule has 6 rings (SSSR count). The number of rotatable bonds is 3. The fourth-order valence-corrected chi connectivity index (χ4v) is 11.1. The van der Waals surface area contributed by atoms with Gasteiger partial charge in [-0.1, -0.05) is 59.2 Å². The molecule has 0 aromatic carbocycles. The summed E-state index contributed by atoms with van der Waals surface area (Å²) < 4.78 is 11.5. The molecule has 0 aliphatic heterocycles. The SMILES string of the molecule is COCC[C@]12CCC(C)(C)CC1C1C(=O)C=C3[C@@]4(C)Cc5cnoc5C(C)(C)[C@@H]4CC[C@@]3(C)[C@]1(C)CC2. The van der Waals surface area contributed by atoms with E-state index in [1.165, 1.54) is 43.2 Å². The van der Waals surface area contributed by atoms with E-state index in [9.17, 15) is 4.79 Å². The van der Waals surface area contributed by atoms with Gasteiger partial charge in [0.1, 0.15) is 5.76 Å². The first kappa shape index (κ1) is 25.8. The number of ether oxygens (including phenoxy) is 1. The zero-order chi connectivity index (χ0) is 26.6. The van der Waals surface area contributed by atoms with Crippen LogP contribution in [0.15, 0.2) is 22.4 Å². The number of hydrogen-bond donors (Lipinski definition) is 0. The summed E-state index contributed by atoms with van der Waals surface area (Å²) in [5.41, 5.74) is 3.13. The van der Waals surface area contributed by atoms with Crippen LogP contribution in [0, 0.1) is 44.8 Å². The summed E-state index contributed by atoms with van der Waals surface area (Å²) in [6.45, 7) is 17.9. The van der Waals surface area contributed by atoms with Gasteiger partial charge in [-0.15, -0.1) is 0 Å². The van der Waals surface area contributed by atoms with Crippen LogP contribution in [0.5, 0.6) is 0 Å². The van der Waals surface area contributed by atoms with Crippen molar-refractivity contribution in [1.29, 1.82) is 0 Å². The fourth-order valence-electron chi connectivity index (χ4n) is 11.1. The number of hydrogen-bond acceptors (Lipinski definition) is 4. The van der Waals surface area contributed by atoms with Crippen molar-refractivity contribution in [3.8, 4) is 0 Å². The lowest BCUT2D eigenvalue weighted by molar-refractivity contribution is -0.174. The van der Waals surface area contributed by atoms with Crippen molar-refractivity contribution in [2.45, 2.75) is 112 Å². The van der Waals surface area contributed by atoms with E-state index >= 15 is 0 Å². The number of nitrogens with zero attached hydrogens (tertiary/aromatic N) is 1. The number of carbonyl (C=O) groups is 1. The van der Waals surface area contributed by atoms with Crippen molar-refractivity contribution in [2.24, 2.45) is 44.8 Å². The van der Waals surface area contributed by atoms with Crippen LogP contribution < -0.4 is 0 Å². The molecular formula is C33H49NO3. The van der Waals surface area contributed by atoms with Crippen LogP contribution in [-0.2, 0) is 21.4 Å². The molecule has 0 N–H and O–H groups in total. The molecule has 4 heteroatoms. The second kappa shape index (κ2) is 7.83. The molecule has 0 spiro atoms. The molecule has 7 atom stereocenters. The lowest BCUT2D eigenvalue weighted by Crippen LogP contribution is -2.65. The highest BCUT2D eigenvalue weighted by molar-refractivity contribution is 5.95. The normalized spacial score (nSPS) is 45.6. The predicted molar refractivity (Wildman–Crippen MR) is 146 cm³/mol. The lowest BCUT2D eigenvalue weighted by atomic mass is 9.34. The first-order valence-electron chi connectivity index (χ1n) is 14.9. The third kappa shape index (κ3) is 3.23. The Kier molecular flexibility index (Phi) is 5.47. The van der Waals surface area contributed by atoms with Crippen molar-refractivity contribution in [2.75, 3.05) is 13.7 Å². The Hall–Kier alpha value is -1.42. The molecule has 3 fully saturated rings. The zero-order valence-corrected chi connectivity index (χ0v) is 24.6. The predicted octanol–water partition coefficient (Wildman–Crippen LogP) is 7.71. The Morgan fingerprint density at radius 3 is 2.49 bits per heavy atom. The van der Waals surface area contributed by atoms with Gasteiger partial charge in [-0.25, -0.2) is 0 Å². The van der Waals surface area contributed by atoms with Crippen LogP contribution in [0.2, 0.25) is 0 Å². The second-order valence-electron chi connectivity index (χ2n) is 15.9. The maximum Gasteiger partial charge on any atom is 0.159 e. The minimum atomic E-state index is -0.0862. The van der Waals surface area contributed by atoms with E-state index in [1.54, 1.807) is 0 Å². The average molecular weight is 508 g/mol. The Labute approximate surface area is 224 Å². The van der Waals surface area contributed by atoms with Gasteiger partial charge in [0.2, 0.25) is 0 Å². The molecule has 3 saturated carbocycles. The Morgan fingerprint density at radius 1 is 1.03 bits per heavy atom. The summed E-state index contributed by atoms with van der Waals surface area (Å²) in [5, 5.41) is 4.22. The van der Waals surface area contributed by atoms with Gasteiger partial charge in [0.15, 0.2) is 5.78 Å². The molecule has 0 amide bonds. The lowest BCUT2D eigenvalue weighted by Gasteiger charge is -2.70. The molecule has 5 aliphatic rings. The van der Waals surface area contributed by atoms with Gasteiger partial charge in [-0.05, 0) is 103 Å². The maximum absolute atomic E-state index is 14.5. The number of ketones is 1. The van der Waals surface area contributed by atoms with Crippen LogP contribution in [0.25, 0.3) is 0 Å². The molecule has 1 heterocycles. The van der Waals surface area contributed by atoms with Gasteiger partial charge < -0.3 is 9.26 Å². The number of methoxy groups -OCH3 is 1. The van der Waals surface area contributed by atoms with E-state index in [4.69, 9.17) is 9.26 Å². The van der Waals surface area contributed by atoms with E-state index in [1.807, 2.05) is 13.3 Å². The van der Waals surface area contributed by atoms with Crippen LogP contribution in [0.3, 0.4) is 0 Å². The molecule has 2 unspecified atom stereocenters. The fraction of sp³-hybridized carbons (Fsp3) is 0.818. The summed E-state index contributed by atoms with van der Waals surface area (Å²) in [6, 6.07) is 0. The molecule has 4 nitrogen and oxygen atoms in total. The third-order valence-electron chi connectivity index (χ3n) is 13.3. The molecule has 0 radical (unpaired) electrons. The first-order valence-corrected chi connectivity index (χ1v) is 14.9. The van der Waals surface area contributed by atoms with Gasteiger partial charge >= 0.3 is 0 Å². The largest absolute Gasteiger partial charge is 0.385 e. The Bertz CT molecular complexity index is 1140. The highest BCUT2D eigenvalue weighted by Gasteiger charge is 2.69. The van der Waals surface area contributed by atoms with Crippen molar-refractivity contribution in [3.05, 3.63) is 29.2 Å². The van der Waals surface area contributed by atoms with E-state index in [0.717, 1.165) is 38.1 Å². The molecule has 204 valence electrons. The second-order valence-corrected chi connectivity index (χ2v) is 15.9. The van der Waals surface area contributed by atoms with E-state index in [-0.39, 0.29) is 33.0 Å². The highest BCUT2D eigenvalue weighted by Crippen LogP contribution is 2.75. The summed E-state index contributed by atoms with van der Waals surface area (Å²) >= 11 is 0. The van der Waals surface area contributed by atoms with Gasteiger partial charge in [0, 0.05) is 30.6 Å². The van der Waals surface area contributed by atoms with E-state index in [2.05, 4.69) is 59.7 Å². The Morgan fingerprint density at radius 2 is 1.76 bits per heavy atom. The number of carbonyl (C=O) groups excluding carboxylic acids is 1. The molecule has 1 aromatic heterocycles. The maximum atomic E-state index is 14.5. The monoisotopic (exact) mass is 507 g/mol. The molecule has 1 aromatic rings. The van der Waals surface area contributed by atoms with Gasteiger partial charge in [0.05, 0.1) is 6.20 Å². The van der Waals surface area contributed by atoms with Crippen molar-refractivity contribution >= 4 is 5.78 Å². The van der Waals surface area contributed by atoms with Crippen LogP contribution in [0.4, 0.5) is 0 Å². The zero-order valence-electron chi connectivity index (χ0n) is 24.6. The summed E-state index contributed by atoms with van der Waals surface area (Å²) in [5.74, 6) is 2.51. The molecule has 5 aliphatic carbocycles. The Balaban J connectivity index is 1.48. The molecule has 37 heavy (non-hydrogen) atoms. The standard InChI is InChI=1S/C33H49NO3/c1-28(2)11-13-33(15-16-36-8)14-12-32(7)26(22(33)19-28)23(35)17-25-30(5)18-21-20-34-37-27(21)29(3,4)24(30)9-10-31(25,32)6/h17,20,22,24,26H,9-16,18-19H2,1-8H3/t22?,24-,26?,30-,31+,32+,33+/m0/s1.